The Bertz CT molecular complexity index is 1580. The molecule has 1 aliphatic heterocycles. The molecule has 1 N–H and O–H groups in total. The van der Waals surface area contributed by atoms with Crippen LogP contribution >= 0.6 is 11.6 Å². The van der Waals surface area contributed by atoms with Gasteiger partial charge in [0, 0.05) is 40.8 Å². The van der Waals surface area contributed by atoms with Crippen LogP contribution in [0.5, 0.6) is 0 Å². The summed E-state index contributed by atoms with van der Waals surface area (Å²) < 4.78 is 29.7. The van der Waals surface area contributed by atoms with E-state index in [0.717, 1.165) is 16.5 Å². The van der Waals surface area contributed by atoms with Gasteiger partial charge in [0.1, 0.15) is 6.04 Å². The summed E-state index contributed by atoms with van der Waals surface area (Å²) in [6, 6.07) is 21.6. The summed E-state index contributed by atoms with van der Waals surface area (Å²) in [5.74, 6) is -0.449. The predicted octanol–water partition coefficient (Wildman–Crippen LogP) is 4.95. The topological polar surface area (TPSA) is 83.8 Å². The third-order valence-electron chi connectivity index (χ3n) is 6.56. The van der Waals surface area contributed by atoms with Gasteiger partial charge in [0.15, 0.2) is 0 Å². The van der Waals surface area contributed by atoms with Crippen molar-refractivity contribution in [3.63, 3.8) is 0 Å². The zero-order valence-corrected chi connectivity index (χ0v) is 21.9. The van der Waals surface area contributed by atoms with Crippen molar-refractivity contribution in [1.82, 2.24) is 14.3 Å². The molecular formula is C28H27ClN4O3S. The lowest BCUT2D eigenvalue weighted by Gasteiger charge is -2.22. The maximum absolute atomic E-state index is 13.1. The number of hydrazone groups is 1. The van der Waals surface area contributed by atoms with E-state index in [9.17, 15) is 13.2 Å². The lowest BCUT2D eigenvalue weighted by Crippen LogP contribution is -2.44. The first-order valence-corrected chi connectivity index (χ1v) is 13.9. The highest BCUT2D eigenvalue weighted by molar-refractivity contribution is 7.89. The number of amides is 1. The van der Waals surface area contributed by atoms with Gasteiger partial charge in [0.25, 0.3) is 5.91 Å². The molecule has 190 valence electrons. The maximum Gasteiger partial charge on any atom is 0.258 e. The van der Waals surface area contributed by atoms with Gasteiger partial charge in [-0.15, -0.1) is 0 Å². The summed E-state index contributed by atoms with van der Waals surface area (Å²) >= 11 is 5.90. The molecule has 0 saturated carbocycles. The number of carbonyl (C=O) groups is 1. The van der Waals surface area contributed by atoms with Crippen LogP contribution in [-0.4, -0.2) is 42.0 Å². The van der Waals surface area contributed by atoms with Crippen molar-refractivity contribution < 1.29 is 13.2 Å². The Morgan fingerprint density at radius 2 is 1.89 bits per heavy atom. The second-order valence-electron chi connectivity index (χ2n) is 9.18. The minimum Gasteiger partial charge on any atom is -0.342 e. The molecule has 0 unspecified atom stereocenters. The Hall–Kier alpha value is -3.46. The lowest BCUT2D eigenvalue weighted by atomic mass is 10.1. The first-order valence-electron chi connectivity index (χ1n) is 12.1. The van der Waals surface area contributed by atoms with Crippen LogP contribution in [0.4, 0.5) is 0 Å². The van der Waals surface area contributed by atoms with Crippen molar-refractivity contribution in [3.05, 3.63) is 101 Å². The Kier molecular flexibility index (Phi) is 7.15. The molecule has 2 heterocycles. The molecular weight excluding hydrogens is 508 g/mol. The largest absolute Gasteiger partial charge is 0.342 e. The molecule has 7 nitrogen and oxygen atoms in total. The van der Waals surface area contributed by atoms with E-state index >= 15 is 0 Å². The quantitative estimate of drug-likeness (QED) is 0.269. The van der Waals surface area contributed by atoms with Gasteiger partial charge in [-0.25, -0.2) is 13.8 Å². The summed E-state index contributed by atoms with van der Waals surface area (Å²) in [7, 11) is -3.83. The van der Waals surface area contributed by atoms with Gasteiger partial charge in [-0.2, -0.15) is 9.41 Å². The molecule has 0 bridgehead atoms. The Balaban J connectivity index is 1.33. The molecule has 4 aromatic rings. The van der Waals surface area contributed by atoms with Crippen LogP contribution in [0.15, 0.2) is 89.0 Å². The number of nitrogens with one attached hydrogen (secondary N) is 1. The van der Waals surface area contributed by atoms with Crippen molar-refractivity contribution in [3.8, 4) is 0 Å². The third kappa shape index (κ3) is 5.32. The molecule has 37 heavy (non-hydrogen) atoms. The van der Waals surface area contributed by atoms with Gasteiger partial charge in [-0.3, -0.25) is 4.79 Å². The minimum absolute atomic E-state index is 0.113. The highest BCUT2D eigenvalue weighted by atomic mass is 35.5. The van der Waals surface area contributed by atoms with Gasteiger partial charge >= 0.3 is 0 Å². The van der Waals surface area contributed by atoms with E-state index in [0.29, 0.717) is 24.4 Å². The highest BCUT2D eigenvalue weighted by Gasteiger charge is 2.39. The molecule has 0 aliphatic carbocycles. The van der Waals surface area contributed by atoms with E-state index in [1.807, 2.05) is 30.5 Å². The van der Waals surface area contributed by atoms with Crippen LogP contribution in [0.3, 0.4) is 0 Å². The average Bonchev–Trinajstić information content (AvgIpc) is 3.51. The van der Waals surface area contributed by atoms with Crippen molar-refractivity contribution >= 4 is 44.6 Å². The van der Waals surface area contributed by atoms with E-state index in [4.69, 9.17) is 11.6 Å². The smallest absolute Gasteiger partial charge is 0.258 e. The molecule has 1 fully saturated rings. The maximum atomic E-state index is 13.1. The SMILES string of the molecule is Cc1cccc(Cn2cc(/C=N\NC(=O)[C@H]3CCCN3S(=O)(=O)c3ccc(Cl)cc3)c3ccccc32)c1. The van der Waals surface area contributed by atoms with Crippen LogP contribution in [0.2, 0.25) is 5.02 Å². The van der Waals surface area contributed by atoms with Gasteiger partial charge in [-0.1, -0.05) is 59.6 Å². The number of aromatic nitrogens is 1. The number of nitrogens with zero attached hydrogens (tertiary/aromatic N) is 3. The number of benzene rings is 3. The summed E-state index contributed by atoms with van der Waals surface area (Å²) in [5.41, 5.74) is 6.89. The van der Waals surface area contributed by atoms with Crippen molar-refractivity contribution in [1.29, 1.82) is 0 Å². The van der Waals surface area contributed by atoms with Crippen LogP contribution in [0, 0.1) is 6.92 Å². The third-order valence-corrected chi connectivity index (χ3v) is 8.73. The fraction of sp³-hybridized carbons (Fsp3) is 0.214. The number of hydrogen-bond acceptors (Lipinski definition) is 4. The Labute approximate surface area is 221 Å². The van der Waals surface area contributed by atoms with E-state index in [-0.39, 0.29) is 11.4 Å². The summed E-state index contributed by atoms with van der Waals surface area (Å²) in [4.78, 5) is 13.1. The molecule has 3 aromatic carbocycles. The molecule has 1 aliphatic rings. The number of aryl methyl sites for hydroxylation is 1. The zero-order chi connectivity index (χ0) is 26.0. The Morgan fingerprint density at radius 1 is 1.11 bits per heavy atom. The van der Waals surface area contributed by atoms with E-state index in [1.165, 1.54) is 39.7 Å². The van der Waals surface area contributed by atoms with E-state index in [1.54, 1.807) is 6.21 Å². The molecule has 9 heteroatoms. The summed E-state index contributed by atoms with van der Waals surface area (Å²) in [6.07, 6.45) is 4.65. The van der Waals surface area contributed by atoms with Gasteiger partial charge < -0.3 is 4.57 Å². The van der Waals surface area contributed by atoms with Crippen molar-refractivity contribution in [2.45, 2.75) is 37.2 Å². The molecule has 1 amide bonds. The molecule has 1 atom stereocenters. The molecule has 0 spiro atoms. The van der Waals surface area contributed by atoms with Crippen molar-refractivity contribution in [2.24, 2.45) is 5.10 Å². The van der Waals surface area contributed by atoms with E-state index < -0.39 is 22.0 Å². The number of para-hydroxylation sites is 1. The van der Waals surface area contributed by atoms with Gasteiger partial charge in [0.05, 0.1) is 11.1 Å². The number of halogens is 1. The summed E-state index contributed by atoms with van der Waals surface area (Å²) in [6.45, 7) is 3.06. The normalized spacial score (nSPS) is 16.5. The van der Waals surface area contributed by atoms with Crippen LogP contribution in [-0.2, 0) is 21.4 Å². The van der Waals surface area contributed by atoms with Gasteiger partial charge in [-0.05, 0) is 55.7 Å². The van der Waals surface area contributed by atoms with Crippen molar-refractivity contribution in [2.75, 3.05) is 6.54 Å². The second kappa shape index (κ2) is 10.5. The average molecular weight is 535 g/mol. The standard InChI is InChI=1S/C28H27ClN4O3S/c1-20-6-4-7-21(16-20)18-32-19-22(25-8-2-3-9-26(25)32)17-30-31-28(34)27-10-5-15-33(27)37(35,36)24-13-11-23(29)12-14-24/h2-4,6-9,11-14,16-17,19,27H,5,10,15,18H2,1H3,(H,31,34)/b30-17-/t27-/m1/s1. The predicted molar refractivity (Wildman–Crippen MR) is 146 cm³/mol. The molecule has 1 aromatic heterocycles. The fourth-order valence-electron chi connectivity index (χ4n) is 4.79. The second-order valence-corrected chi connectivity index (χ2v) is 11.5. The molecule has 1 saturated heterocycles. The number of hydrogen-bond donors (Lipinski definition) is 1. The number of sulfonamides is 1. The molecule has 5 rings (SSSR count). The van der Waals surface area contributed by atoms with Crippen LogP contribution in [0.1, 0.15) is 29.5 Å². The number of rotatable bonds is 7. The highest BCUT2D eigenvalue weighted by Crippen LogP contribution is 2.27. The monoisotopic (exact) mass is 534 g/mol. The van der Waals surface area contributed by atoms with Crippen LogP contribution in [0.25, 0.3) is 10.9 Å². The first-order chi connectivity index (χ1) is 17.8. The van der Waals surface area contributed by atoms with Gasteiger partial charge in [0.2, 0.25) is 10.0 Å². The number of carbonyl (C=O) groups excluding carboxylic acids is 1. The minimum atomic E-state index is -3.83. The number of fused-ring (bicyclic) bond motifs is 1. The Morgan fingerprint density at radius 3 is 2.68 bits per heavy atom. The first kappa shape index (κ1) is 25.2. The molecule has 0 radical (unpaired) electrons. The van der Waals surface area contributed by atoms with Crippen LogP contribution < -0.4 is 5.43 Å². The lowest BCUT2D eigenvalue weighted by molar-refractivity contribution is -0.124. The fourth-order valence-corrected chi connectivity index (χ4v) is 6.57. The van der Waals surface area contributed by atoms with E-state index in [2.05, 4.69) is 46.3 Å². The summed E-state index contributed by atoms with van der Waals surface area (Å²) in [5, 5.41) is 5.66. The zero-order valence-electron chi connectivity index (χ0n) is 20.3.